The molecule has 1 aliphatic rings. The number of hydrogen-bond acceptors (Lipinski definition) is 1. The highest BCUT2D eigenvalue weighted by Gasteiger charge is 2.30. The Balaban J connectivity index is 2.63. The van der Waals surface area contributed by atoms with Gasteiger partial charge in [0.2, 0.25) is 0 Å². The minimum absolute atomic E-state index is 0.171. The van der Waals surface area contributed by atoms with Crippen molar-refractivity contribution < 1.29 is 9.90 Å². The molecule has 0 aromatic heterocycles. The zero-order valence-corrected chi connectivity index (χ0v) is 6.95. The Hall–Kier alpha value is -0.790. The fourth-order valence-corrected chi connectivity index (χ4v) is 1.63. The summed E-state index contributed by atoms with van der Waals surface area (Å²) in [5, 5.41) is 8.79. The summed E-state index contributed by atoms with van der Waals surface area (Å²) in [5.74, 6) is -0.147. The van der Waals surface area contributed by atoms with E-state index in [1.54, 1.807) is 0 Å². The van der Waals surface area contributed by atoms with Crippen LogP contribution in [0.4, 0.5) is 0 Å². The molecule has 0 saturated heterocycles. The van der Waals surface area contributed by atoms with Crippen LogP contribution in [0.5, 0.6) is 0 Å². The van der Waals surface area contributed by atoms with Crippen LogP contribution in [0.15, 0.2) is 12.2 Å². The Morgan fingerprint density at radius 1 is 1.64 bits per heavy atom. The summed E-state index contributed by atoms with van der Waals surface area (Å²) in [6.07, 6.45) is 4.71. The number of carbonyl (C=O) groups is 1. The Morgan fingerprint density at radius 3 is 2.64 bits per heavy atom. The normalized spacial score (nSPS) is 29.7. The van der Waals surface area contributed by atoms with Crippen molar-refractivity contribution in [2.75, 3.05) is 0 Å². The van der Waals surface area contributed by atoms with Crippen molar-refractivity contribution in [3.8, 4) is 0 Å². The summed E-state index contributed by atoms with van der Waals surface area (Å²) in [7, 11) is 0. The summed E-state index contributed by atoms with van der Waals surface area (Å²) < 4.78 is 0. The predicted molar refractivity (Wildman–Crippen MR) is 43.2 cm³/mol. The van der Waals surface area contributed by atoms with Crippen molar-refractivity contribution in [1.29, 1.82) is 0 Å². The van der Waals surface area contributed by atoms with E-state index < -0.39 is 5.97 Å². The van der Waals surface area contributed by atoms with Crippen LogP contribution < -0.4 is 0 Å². The van der Waals surface area contributed by atoms with E-state index >= 15 is 0 Å². The number of hydrogen-bond donors (Lipinski definition) is 1. The molecule has 0 saturated carbocycles. The molecule has 2 atom stereocenters. The van der Waals surface area contributed by atoms with E-state index in [1.807, 2.05) is 12.2 Å². The van der Waals surface area contributed by atoms with Gasteiger partial charge in [-0.2, -0.15) is 0 Å². The Kier molecular flexibility index (Phi) is 2.32. The topological polar surface area (TPSA) is 37.3 Å². The van der Waals surface area contributed by atoms with Gasteiger partial charge in [0.15, 0.2) is 0 Å². The average Bonchev–Trinajstić information content (AvgIpc) is 2.32. The van der Waals surface area contributed by atoms with E-state index in [1.165, 1.54) is 0 Å². The molecular formula is C9H14O2. The summed E-state index contributed by atoms with van der Waals surface area (Å²) in [5.41, 5.74) is 0. The second-order valence-electron chi connectivity index (χ2n) is 3.43. The quantitative estimate of drug-likeness (QED) is 0.617. The maximum absolute atomic E-state index is 10.7. The van der Waals surface area contributed by atoms with Crippen molar-refractivity contribution in [2.24, 2.45) is 17.8 Å². The molecule has 2 nitrogen and oxygen atoms in total. The lowest BCUT2D eigenvalue weighted by Crippen LogP contribution is -2.22. The van der Waals surface area contributed by atoms with Crippen LogP contribution in [0.25, 0.3) is 0 Å². The van der Waals surface area contributed by atoms with Gasteiger partial charge in [0.1, 0.15) is 0 Å². The fraction of sp³-hybridized carbons (Fsp3) is 0.667. The van der Waals surface area contributed by atoms with E-state index in [4.69, 9.17) is 5.11 Å². The number of allylic oxidation sites excluding steroid dienone is 2. The lowest BCUT2D eigenvalue weighted by molar-refractivity contribution is -0.143. The molecule has 0 aliphatic heterocycles. The summed E-state index contributed by atoms with van der Waals surface area (Å²) >= 11 is 0. The van der Waals surface area contributed by atoms with E-state index in [0.29, 0.717) is 12.3 Å². The minimum atomic E-state index is -0.659. The Morgan fingerprint density at radius 2 is 2.27 bits per heavy atom. The van der Waals surface area contributed by atoms with Crippen molar-refractivity contribution >= 4 is 5.97 Å². The van der Waals surface area contributed by atoms with Crippen molar-refractivity contribution in [2.45, 2.75) is 20.3 Å². The maximum atomic E-state index is 10.7. The third kappa shape index (κ3) is 1.62. The molecule has 62 valence electrons. The smallest absolute Gasteiger partial charge is 0.307 e. The lowest BCUT2D eigenvalue weighted by atomic mass is 9.86. The van der Waals surface area contributed by atoms with Crippen LogP contribution in [0, 0.1) is 17.8 Å². The molecule has 0 aromatic rings. The highest BCUT2D eigenvalue weighted by molar-refractivity contribution is 5.71. The van der Waals surface area contributed by atoms with E-state index in [-0.39, 0.29) is 11.8 Å². The molecule has 0 aromatic carbocycles. The standard InChI is InChI=1S/C9H14O2/c1-6(2)7-4-3-5-8(7)9(10)11/h3-4,6-8H,5H2,1-2H3,(H,10,11). The molecular weight excluding hydrogens is 140 g/mol. The molecule has 2 heteroatoms. The zero-order chi connectivity index (χ0) is 8.43. The van der Waals surface area contributed by atoms with Crippen molar-refractivity contribution in [1.82, 2.24) is 0 Å². The van der Waals surface area contributed by atoms with Crippen LogP contribution >= 0.6 is 0 Å². The second-order valence-corrected chi connectivity index (χ2v) is 3.43. The molecule has 0 heterocycles. The summed E-state index contributed by atoms with van der Waals surface area (Å²) in [6.45, 7) is 4.13. The second kappa shape index (κ2) is 3.07. The molecule has 2 unspecified atom stereocenters. The molecule has 0 fully saturated rings. The van der Waals surface area contributed by atoms with Gasteiger partial charge in [0.05, 0.1) is 5.92 Å². The Labute approximate surface area is 66.9 Å². The molecule has 1 N–H and O–H groups in total. The predicted octanol–water partition coefficient (Wildman–Crippen LogP) is 1.92. The molecule has 1 rings (SSSR count). The van der Waals surface area contributed by atoms with Gasteiger partial charge >= 0.3 is 5.97 Å². The van der Waals surface area contributed by atoms with E-state index in [0.717, 1.165) is 0 Å². The highest BCUT2D eigenvalue weighted by atomic mass is 16.4. The number of rotatable bonds is 2. The van der Waals surface area contributed by atoms with E-state index in [9.17, 15) is 4.79 Å². The summed E-state index contributed by atoms with van der Waals surface area (Å²) in [4.78, 5) is 10.7. The average molecular weight is 154 g/mol. The van der Waals surface area contributed by atoms with Crippen molar-refractivity contribution in [3.63, 3.8) is 0 Å². The number of carboxylic acids is 1. The molecule has 0 spiro atoms. The fourth-order valence-electron chi connectivity index (χ4n) is 1.63. The highest BCUT2D eigenvalue weighted by Crippen LogP contribution is 2.31. The molecule has 0 radical (unpaired) electrons. The van der Waals surface area contributed by atoms with E-state index in [2.05, 4.69) is 13.8 Å². The number of carboxylic acid groups (broad SMARTS) is 1. The van der Waals surface area contributed by atoms with Gasteiger partial charge in [-0.3, -0.25) is 4.79 Å². The third-order valence-electron chi connectivity index (χ3n) is 2.30. The molecule has 0 amide bonds. The van der Waals surface area contributed by atoms with Gasteiger partial charge in [-0.1, -0.05) is 26.0 Å². The van der Waals surface area contributed by atoms with Gasteiger partial charge in [0, 0.05) is 0 Å². The first kappa shape index (κ1) is 8.31. The first-order valence-corrected chi connectivity index (χ1v) is 4.02. The SMILES string of the molecule is CC(C)C1C=CCC1C(=O)O. The van der Waals surface area contributed by atoms with Crippen LogP contribution in [0.3, 0.4) is 0 Å². The largest absolute Gasteiger partial charge is 0.481 e. The molecule has 1 aliphatic carbocycles. The van der Waals surface area contributed by atoms with Gasteiger partial charge in [-0.15, -0.1) is 0 Å². The number of aliphatic carboxylic acids is 1. The van der Waals surface area contributed by atoms with Gasteiger partial charge < -0.3 is 5.11 Å². The van der Waals surface area contributed by atoms with Gasteiger partial charge in [-0.25, -0.2) is 0 Å². The monoisotopic (exact) mass is 154 g/mol. The first-order chi connectivity index (χ1) is 5.13. The summed E-state index contributed by atoms with van der Waals surface area (Å²) in [6, 6.07) is 0. The molecule has 0 bridgehead atoms. The Bertz CT molecular complexity index is 182. The first-order valence-electron chi connectivity index (χ1n) is 4.02. The van der Waals surface area contributed by atoms with Crippen LogP contribution in [-0.2, 0) is 4.79 Å². The van der Waals surface area contributed by atoms with Gasteiger partial charge in [-0.05, 0) is 18.3 Å². The van der Waals surface area contributed by atoms with Crippen LogP contribution in [-0.4, -0.2) is 11.1 Å². The minimum Gasteiger partial charge on any atom is -0.481 e. The van der Waals surface area contributed by atoms with Crippen LogP contribution in [0.2, 0.25) is 0 Å². The van der Waals surface area contributed by atoms with Crippen molar-refractivity contribution in [3.05, 3.63) is 12.2 Å². The van der Waals surface area contributed by atoms with Crippen LogP contribution in [0.1, 0.15) is 20.3 Å². The van der Waals surface area contributed by atoms with Gasteiger partial charge in [0.25, 0.3) is 0 Å². The molecule has 11 heavy (non-hydrogen) atoms. The maximum Gasteiger partial charge on any atom is 0.307 e. The third-order valence-corrected chi connectivity index (χ3v) is 2.30. The lowest BCUT2D eigenvalue weighted by Gasteiger charge is -2.18. The zero-order valence-electron chi connectivity index (χ0n) is 6.95.